The Bertz CT molecular complexity index is 198. The Labute approximate surface area is 82.6 Å². The fourth-order valence-electron chi connectivity index (χ4n) is 1.60. The van der Waals surface area contributed by atoms with Crippen LogP contribution in [0.15, 0.2) is 12.0 Å². The van der Waals surface area contributed by atoms with Crippen LogP contribution >= 0.6 is 11.8 Å². The van der Waals surface area contributed by atoms with Gasteiger partial charge in [0.05, 0.1) is 12.1 Å². The van der Waals surface area contributed by atoms with Crippen LogP contribution < -0.4 is 5.32 Å². The minimum Gasteiger partial charge on any atom is -0.391 e. The normalized spacial score (nSPS) is 35.7. The third-order valence-electron chi connectivity index (χ3n) is 2.46. The minimum absolute atomic E-state index is 0.137. The van der Waals surface area contributed by atoms with E-state index in [2.05, 4.69) is 11.9 Å². The van der Waals surface area contributed by atoms with Gasteiger partial charge in [0, 0.05) is 17.7 Å². The number of thioether (sulfide) groups is 1. The lowest BCUT2D eigenvalue weighted by Crippen LogP contribution is -2.34. The highest BCUT2D eigenvalue weighted by Gasteiger charge is 2.37. The second-order valence-electron chi connectivity index (χ2n) is 3.23. The lowest BCUT2D eigenvalue weighted by Gasteiger charge is -2.20. The summed E-state index contributed by atoms with van der Waals surface area (Å²) in [6.45, 7) is 6.37. The zero-order valence-corrected chi connectivity index (χ0v) is 8.46. The smallest absolute Gasteiger partial charge is 0.139 e. The van der Waals surface area contributed by atoms with Crippen molar-refractivity contribution in [1.29, 1.82) is 0 Å². The Balaban J connectivity index is 2.52. The molecule has 74 valence electrons. The molecule has 0 aliphatic carbocycles. The van der Waals surface area contributed by atoms with Gasteiger partial charge in [-0.05, 0) is 5.41 Å². The first-order chi connectivity index (χ1) is 6.20. The molecule has 1 aliphatic rings. The van der Waals surface area contributed by atoms with Gasteiger partial charge in [-0.2, -0.15) is 0 Å². The van der Waals surface area contributed by atoms with Crippen LogP contribution in [0.3, 0.4) is 0 Å². The Kier molecular flexibility index (Phi) is 3.96. The van der Waals surface area contributed by atoms with Crippen molar-refractivity contribution in [1.82, 2.24) is 5.32 Å². The van der Waals surface area contributed by atoms with Gasteiger partial charge in [0.15, 0.2) is 0 Å². The van der Waals surface area contributed by atoms with E-state index in [9.17, 15) is 9.90 Å². The predicted octanol–water partition coefficient (Wildman–Crippen LogP) is 0.399. The van der Waals surface area contributed by atoms with E-state index in [-0.39, 0.29) is 5.92 Å². The van der Waals surface area contributed by atoms with Gasteiger partial charge in [0.2, 0.25) is 0 Å². The van der Waals surface area contributed by atoms with Crippen molar-refractivity contribution < 1.29 is 9.90 Å². The average Bonchev–Trinajstić information content (AvgIpc) is 2.47. The van der Waals surface area contributed by atoms with Gasteiger partial charge in [-0.25, -0.2) is 0 Å². The molecule has 1 rings (SSSR count). The van der Waals surface area contributed by atoms with E-state index in [0.717, 1.165) is 6.29 Å². The largest absolute Gasteiger partial charge is 0.391 e. The van der Waals surface area contributed by atoms with Crippen molar-refractivity contribution in [3.05, 3.63) is 12.0 Å². The fraction of sp³-hybridized carbons (Fsp3) is 0.667. The highest BCUT2D eigenvalue weighted by Crippen LogP contribution is 2.26. The molecule has 0 aromatic heterocycles. The molecule has 13 heavy (non-hydrogen) atoms. The predicted molar refractivity (Wildman–Crippen MR) is 54.6 cm³/mol. The molecule has 4 heteroatoms. The second-order valence-corrected chi connectivity index (χ2v) is 4.58. The summed E-state index contributed by atoms with van der Waals surface area (Å²) in [5.74, 6) is 0.137. The number of aldehydes is 1. The molecule has 3 nitrogen and oxygen atoms in total. The van der Waals surface area contributed by atoms with Crippen LogP contribution in [0.25, 0.3) is 0 Å². The summed E-state index contributed by atoms with van der Waals surface area (Å²) >= 11 is 1.59. The maximum Gasteiger partial charge on any atom is 0.139 e. The van der Waals surface area contributed by atoms with E-state index < -0.39 is 12.1 Å². The lowest BCUT2D eigenvalue weighted by atomic mass is 9.99. The van der Waals surface area contributed by atoms with Gasteiger partial charge in [-0.3, -0.25) is 0 Å². The summed E-state index contributed by atoms with van der Waals surface area (Å²) in [6.07, 6.45) is 0.218. The van der Waals surface area contributed by atoms with Gasteiger partial charge in [0.1, 0.15) is 6.29 Å². The first-order valence-corrected chi connectivity index (χ1v) is 5.28. The SMILES string of the molecule is C=CSC(C)C1CNC(C=O)C1O. The standard InChI is InChI=1S/C9H15NO2S/c1-3-13-6(2)7-4-10-8(5-11)9(7)12/h3,5-10,12H,1,4H2,2H3. The number of aliphatic hydroxyl groups is 1. The molecular weight excluding hydrogens is 186 g/mol. The van der Waals surface area contributed by atoms with E-state index in [4.69, 9.17) is 0 Å². The molecule has 0 radical (unpaired) electrons. The molecule has 0 amide bonds. The summed E-state index contributed by atoms with van der Waals surface area (Å²) in [5, 5.41) is 14.7. The Morgan fingerprint density at radius 2 is 2.46 bits per heavy atom. The van der Waals surface area contributed by atoms with E-state index in [0.29, 0.717) is 11.8 Å². The topological polar surface area (TPSA) is 49.3 Å². The molecule has 0 spiro atoms. The Hall–Kier alpha value is -0.320. The van der Waals surface area contributed by atoms with Crippen molar-refractivity contribution in [2.75, 3.05) is 6.54 Å². The zero-order valence-electron chi connectivity index (χ0n) is 7.64. The van der Waals surface area contributed by atoms with Gasteiger partial charge >= 0.3 is 0 Å². The maximum absolute atomic E-state index is 10.5. The van der Waals surface area contributed by atoms with Crippen molar-refractivity contribution in [2.24, 2.45) is 5.92 Å². The number of carbonyl (C=O) groups excluding carboxylic acids is 1. The fourth-order valence-corrected chi connectivity index (χ4v) is 2.37. The Morgan fingerprint density at radius 1 is 1.77 bits per heavy atom. The molecule has 0 saturated carbocycles. The second kappa shape index (κ2) is 4.79. The molecule has 1 saturated heterocycles. The molecule has 0 bridgehead atoms. The quantitative estimate of drug-likeness (QED) is 0.646. The third-order valence-corrected chi connectivity index (χ3v) is 3.43. The third kappa shape index (κ3) is 2.33. The van der Waals surface area contributed by atoms with Crippen molar-refractivity contribution in [3.63, 3.8) is 0 Å². The van der Waals surface area contributed by atoms with Crippen molar-refractivity contribution >= 4 is 18.0 Å². The molecule has 4 atom stereocenters. The maximum atomic E-state index is 10.5. The summed E-state index contributed by atoms with van der Waals surface area (Å²) in [5.41, 5.74) is 0. The highest BCUT2D eigenvalue weighted by molar-refractivity contribution is 8.02. The lowest BCUT2D eigenvalue weighted by molar-refractivity contribution is -0.111. The number of nitrogens with one attached hydrogen (secondary N) is 1. The van der Waals surface area contributed by atoms with Crippen molar-refractivity contribution in [3.8, 4) is 0 Å². The molecule has 1 heterocycles. The van der Waals surface area contributed by atoms with Gasteiger partial charge in [-0.15, -0.1) is 11.8 Å². The van der Waals surface area contributed by atoms with Crippen LogP contribution in [0, 0.1) is 5.92 Å². The number of aliphatic hydroxyl groups excluding tert-OH is 1. The summed E-state index contributed by atoms with van der Waals surface area (Å²) in [4.78, 5) is 10.5. The first-order valence-electron chi connectivity index (χ1n) is 4.33. The monoisotopic (exact) mass is 201 g/mol. The van der Waals surface area contributed by atoms with E-state index in [1.165, 1.54) is 0 Å². The summed E-state index contributed by atoms with van der Waals surface area (Å²) in [7, 11) is 0. The molecule has 2 N–H and O–H groups in total. The highest BCUT2D eigenvalue weighted by atomic mass is 32.2. The van der Waals surface area contributed by atoms with Crippen LogP contribution in [0.1, 0.15) is 6.92 Å². The molecule has 1 aliphatic heterocycles. The molecule has 4 unspecified atom stereocenters. The first kappa shape index (κ1) is 10.8. The molecular formula is C9H15NO2S. The number of carbonyl (C=O) groups is 1. The number of hydrogen-bond donors (Lipinski definition) is 2. The van der Waals surface area contributed by atoms with Gasteiger partial charge in [0.25, 0.3) is 0 Å². The van der Waals surface area contributed by atoms with Crippen LogP contribution in [0.2, 0.25) is 0 Å². The van der Waals surface area contributed by atoms with Crippen LogP contribution in [-0.4, -0.2) is 35.3 Å². The zero-order chi connectivity index (χ0) is 9.84. The van der Waals surface area contributed by atoms with Crippen LogP contribution in [0.5, 0.6) is 0 Å². The molecule has 1 fully saturated rings. The molecule has 0 aromatic rings. The summed E-state index contributed by atoms with van der Waals surface area (Å²) in [6, 6.07) is -0.391. The summed E-state index contributed by atoms with van der Waals surface area (Å²) < 4.78 is 0. The van der Waals surface area contributed by atoms with Crippen LogP contribution in [0.4, 0.5) is 0 Å². The van der Waals surface area contributed by atoms with E-state index >= 15 is 0 Å². The van der Waals surface area contributed by atoms with Crippen molar-refractivity contribution in [2.45, 2.75) is 24.3 Å². The van der Waals surface area contributed by atoms with Gasteiger partial charge < -0.3 is 15.2 Å². The van der Waals surface area contributed by atoms with Crippen LogP contribution in [-0.2, 0) is 4.79 Å². The molecule has 0 aromatic carbocycles. The minimum atomic E-state index is -0.556. The van der Waals surface area contributed by atoms with Gasteiger partial charge in [-0.1, -0.05) is 13.5 Å². The number of hydrogen-bond acceptors (Lipinski definition) is 4. The van der Waals surface area contributed by atoms with E-state index in [1.807, 2.05) is 6.92 Å². The Morgan fingerprint density at radius 3 is 2.92 bits per heavy atom. The average molecular weight is 201 g/mol. The van der Waals surface area contributed by atoms with E-state index in [1.54, 1.807) is 17.2 Å². The number of rotatable bonds is 4.